The lowest BCUT2D eigenvalue weighted by molar-refractivity contribution is -0.142. The number of hydrogen-bond donors (Lipinski definition) is 3. The maximum Gasteiger partial charge on any atom is 0.270 e. The normalized spacial score (nSPS) is 27.6. The molecule has 3 N–H and O–H groups in total. The number of imidazole rings is 1. The smallest absolute Gasteiger partial charge is 0.270 e. The fourth-order valence-electron chi connectivity index (χ4n) is 6.71. The van der Waals surface area contributed by atoms with Crippen LogP contribution in [-0.2, 0) is 20.8 Å². The maximum atomic E-state index is 14.8. The van der Waals surface area contributed by atoms with Crippen LogP contribution in [-0.4, -0.2) is 74.7 Å². The number of aromatic nitrogens is 4. The van der Waals surface area contributed by atoms with Crippen molar-refractivity contribution in [2.24, 2.45) is 16.8 Å². The topological polar surface area (TPSA) is 136 Å². The molecule has 0 bridgehead atoms. The number of aromatic amines is 1. The van der Waals surface area contributed by atoms with Gasteiger partial charge in [-0.3, -0.25) is 14.3 Å². The van der Waals surface area contributed by atoms with Crippen molar-refractivity contribution in [1.82, 2.24) is 30.4 Å². The first-order valence-electron chi connectivity index (χ1n) is 16.7. The summed E-state index contributed by atoms with van der Waals surface area (Å²) in [5.41, 5.74) is 4.27. The van der Waals surface area contributed by atoms with Gasteiger partial charge in [-0.2, -0.15) is 5.10 Å². The van der Waals surface area contributed by atoms with Gasteiger partial charge in [0.25, 0.3) is 5.91 Å². The largest absolute Gasteiger partial charge is 0.381 e. The second-order valence-electron chi connectivity index (χ2n) is 12.9. The van der Waals surface area contributed by atoms with Crippen LogP contribution >= 0.6 is 9.24 Å². The highest BCUT2D eigenvalue weighted by Gasteiger charge is 2.37. The zero-order chi connectivity index (χ0) is 32.8. The Morgan fingerprint density at radius 3 is 2.70 bits per heavy atom. The van der Waals surface area contributed by atoms with Gasteiger partial charge in [-0.15, -0.1) is 0 Å². The summed E-state index contributed by atoms with van der Waals surface area (Å²) in [7, 11) is 2.35. The Kier molecular flexibility index (Phi) is 11.4. The van der Waals surface area contributed by atoms with Gasteiger partial charge in [-0.05, 0) is 83.3 Å². The van der Waals surface area contributed by atoms with Crippen LogP contribution in [0.1, 0.15) is 101 Å². The number of rotatable bonds is 11. The number of ether oxygens (including phenoxy) is 2. The van der Waals surface area contributed by atoms with E-state index in [4.69, 9.17) is 14.5 Å². The lowest BCUT2D eigenvalue weighted by Gasteiger charge is -2.35. The number of alkyl halides is 1. The summed E-state index contributed by atoms with van der Waals surface area (Å²) < 4.78 is 28.2. The summed E-state index contributed by atoms with van der Waals surface area (Å²) in [5, 5.41) is 9.15. The predicted octanol–water partition coefficient (Wildman–Crippen LogP) is 5.35. The summed E-state index contributed by atoms with van der Waals surface area (Å²) in [6.07, 6.45) is 7.57. The molecule has 4 atom stereocenters. The molecule has 2 amide bonds. The number of aliphatic imine (C=N–C) groups is 1. The van der Waals surface area contributed by atoms with Gasteiger partial charge in [-0.1, -0.05) is 21.7 Å². The van der Waals surface area contributed by atoms with Gasteiger partial charge >= 0.3 is 0 Å². The minimum Gasteiger partial charge on any atom is -0.381 e. The van der Waals surface area contributed by atoms with Crippen LogP contribution in [0.4, 0.5) is 10.3 Å². The number of halogens is 1. The van der Waals surface area contributed by atoms with E-state index in [1.807, 2.05) is 13.8 Å². The van der Waals surface area contributed by atoms with Gasteiger partial charge in [0.15, 0.2) is 0 Å². The van der Waals surface area contributed by atoms with Gasteiger partial charge in [-0.25, -0.2) is 14.4 Å². The van der Waals surface area contributed by atoms with Crippen molar-refractivity contribution in [3.05, 3.63) is 41.0 Å². The zero-order valence-electron chi connectivity index (χ0n) is 27.5. The number of hydrogen-bond acceptors (Lipinski definition) is 7. The molecule has 4 unspecified atom stereocenters. The van der Waals surface area contributed by atoms with Gasteiger partial charge < -0.3 is 25.1 Å². The molecular weight excluding hydrogens is 608 g/mol. The third-order valence-corrected chi connectivity index (χ3v) is 10.2. The average molecular weight is 658 g/mol. The van der Waals surface area contributed by atoms with Crippen LogP contribution in [0, 0.1) is 11.8 Å². The third kappa shape index (κ3) is 8.30. The van der Waals surface area contributed by atoms with Crippen molar-refractivity contribution in [1.29, 1.82) is 0 Å². The molecule has 1 aliphatic carbocycles. The quantitative estimate of drug-likeness (QED) is 0.220. The molecule has 3 fully saturated rings. The molecule has 2 saturated heterocycles. The zero-order valence-corrected chi connectivity index (χ0v) is 28.6. The first-order valence-corrected chi connectivity index (χ1v) is 17.3. The van der Waals surface area contributed by atoms with E-state index in [0.717, 1.165) is 41.8 Å². The molecule has 0 aromatic carbocycles. The number of morpholine rings is 1. The van der Waals surface area contributed by atoms with Gasteiger partial charge in [0.1, 0.15) is 17.2 Å². The Hall–Kier alpha value is -2.95. The second kappa shape index (κ2) is 15.3. The Labute approximate surface area is 273 Å². The summed E-state index contributed by atoms with van der Waals surface area (Å²) in [6.45, 7) is 10.4. The highest BCUT2D eigenvalue weighted by molar-refractivity contribution is 7.18. The molecule has 2 aliphatic heterocycles. The van der Waals surface area contributed by atoms with Crippen LogP contribution < -0.4 is 10.6 Å². The molecule has 0 radical (unpaired) electrons. The fraction of sp³-hybridized carbons (Fsp3) is 0.667. The minimum absolute atomic E-state index is 0.0142. The molecule has 11 nitrogen and oxygen atoms in total. The van der Waals surface area contributed by atoms with Gasteiger partial charge in [0, 0.05) is 44.8 Å². The molecule has 2 aromatic rings. The molecule has 3 aliphatic rings. The van der Waals surface area contributed by atoms with E-state index in [1.165, 1.54) is 0 Å². The average Bonchev–Trinajstić information content (AvgIpc) is 3.73. The van der Waals surface area contributed by atoms with E-state index >= 15 is 0 Å². The summed E-state index contributed by atoms with van der Waals surface area (Å²) in [4.78, 5) is 39.6. The minimum atomic E-state index is -1.29. The molecular formula is C33H49FN7O4P. The summed E-state index contributed by atoms with van der Waals surface area (Å²) >= 11 is 0. The number of allylic oxidation sites excluding steroid dienone is 1. The van der Waals surface area contributed by atoms with Crippen molar-refractivity contribution in [2.75, 3.05) is 19.8 Å². The SMILES string of the molecule is CCC(C)=C(CC1OC(C)CNC1=O)/C(=N\c1ncc(C(NC(=O)c2ccnn2CC)C2CCC(F)(P)CC2)[nH]1)C1CCOCC1. The highest BCUT2D eigenvalue weighted by Crippen LogP contribution is 2.44. The van der Waals surface area contributed by atoms with Crippen molar-refractivity contribution < 1.29 is 23.5 Å². The van der Waals surface area contributed by atoms with Crippen molar-refractivity contribution in [3.63, 3.8) is 0 Å². The van der Waals surface area contributed by atoms with Crippen LogP contribution in [0.3, 0.4) is 0 Å². The van der Waals surface area contributed by atoms with Gasteiger partial charge in [0.2, 0.25) is 11.9 Å². The maximum absolute atomic E-state index is 14.8. The molecule has 46 heavy (non-hydrogen) atoms. The van der Waals surface area contributed by atoms with E-state index < -0.39 is 17.6 Å². The van der Waals surface area contributed by atoms with Crippen LogP contribution in [0.5, 0.6) is 0 Å². The first-order chi connectivity index (χ1) is 22.1. The molecule has 4 heterocycles. The van der Waals surface area contributed by atoms with E-state index in [2.05, 4.69) is 48.8 Å². The first kappa shape index (κ1) is 34.4. The Balaban J connectivity index is 1.48. The number of nitrogens with one attached hydrogen (secondary N) is 3. The molecule has 2 aromatic heterocycles. The van der Waals surface area contributed by atoms with Crippen molar-refractivity contribution in [3.8, 4) is 0 Å². The van der Waals surface area contributed by atoms with Crippen LogP contribution in [0.25, 0.3) is 0 Å². The van der Waals surface area contributed by atoms with E-state index in [-0.39, 0.29) is 29.8 Å². The van der Waals surface area contributed by atoms with E-state index in [0.29, 0.717) is 70.0 Å². The lowest BCUT2D eigenvalue weighted by Crippen LogP contribution is -2.48. The van der Waals surface area contributed by atoms with Crippen LogP contribution in [0.2, 0.25) is 0 Å². The molecule has 5 rings (SSSR count). The molecule has 13 heteroatoms. The number of aryl methyl sites for hydroxylation is 1. The number of amides is 2. The number of nitrogens with zero attached hydrogens (tertiary/aromatic N) is 4. The Bertz CT molecular complexity index is 1420. The number of H-pyrrole nitrogens is 1. The van der Waals surface area contributed by atoms with Crippen LogP contribution in [0.15, 0.2) is 34.6 Å². The fourth-order valence-corrected chi connectivity index (χ4v) is 7.04. The lowest BCUT2D eigenvalue weighted by atomic mass is 9.81. The second-order valence-corrected chi connectivity index (χ2v) is 13.9. The molecule has 0 spiro atoms. The number of carbonyl (C=O) groups is 2. The summed E-state index contributed by atoms with van der Waals surface area (Å²) in [6, 6.07) is 1.29. The van der Waals surface area contributed by atoms with E-state index in [1.54, 1.807) is 23.1 Å². The van der Waals surface area contributed by atoms with Crippen molar-refractivity contribution in [2.45, 2.75) is 109 Å². The standard InChI is InChI=1S/C33H49FN7O4P/c1-5-20(3)24(17-27-31(43)35-18-21(4)45-27)28(23-10-15-44-16-11-23)40-32-36-19-25(38-32)29(22-7-12-33(34,46)13-8-22)39-30(42)26-9-14-37-41(26)6-2/h9,14,19,21-23,27,29H,5-8,10-13,15-18,46H2,1-4H3,(H,35,43)(H,36,38)(H,39,42)/b24-20?,40-28-. The molecule has 252 valence electrons. The third-order valence-electron chi connectivity index (χ3n) is 9.62. The van der Waals surface area contributed by atoms with E-state index in [9.17, 15) is 14.0 Å². The van der Waals surface area contributed by atoms with Crippen molar-refractivity contribution >= 4 is 32.7 Å². The Morgan fingerprint density at radius 1 is 1.26 bits per heavy atom. The Morgan fingerprint density at radius 2 is 2.00 bits per heavy atom. The summed E-state index contributed by atoms with van der Waals surface area (Å²) in [5.74, 6) is 0.231. The monoisotopic (exact) mass is 657 g/mol. The predicted molar refractivity (Wildman–Crippen MR) is 178 cm³/mol. The highest BCUT2D eigenvalue weighted by atomic mass is 31.0. The molecule has 1 saturated carbocycles. The number of carbonyl (C=O) groups excluding carboxylic acids is 2. The van der Waals surface area contributed by atoms with Gasteiger partial charge in [0.05, 0.1) is 29.7 Å².